The smallest absolute Gasteiger partial charge is 0.240 e. The SMILES string of the molecule is CCCNC(=O)Cn1c(CCCl)nc2cc(I)c(F)cc21. The van der Waals surface area contributed by atoms with Crippen LogP contribution in [0.3, 0.4) is 0 Å². The van der Waals surface area contributed by atoms with E-state index in [9.17, 15) is 9.18 Å². The average Bonchev–Trinajstić information content (AvgIpc) is 2.75. The number of nitrogens with zero attached hydrogens (tertiary/aromatic N) is 2. The van der Waals surface area contributed by atoms with Crippen molar-refractivity contribution in [3.05, 3.63) is 27.3 Å². The van der Waals surface area contributed by atoms with Gasteiger partial charge in [-0.25, -0.2) is 9.37 Å². The summed E-state index contributed by atoms with van der Waals surface area (Å²) in [6.45, 7) is 2.74. The van der Waals surface area contributed by atoms with Gasteiger partial charge in [0.25, 0.3) is 0 Å². The topological polar surface area (TPSA) is 46.9 Å². The molecule has 0 atom stereocenters. The van der Waals surface area contributed by atoms with Crippen molar-refractivity contribution in [1.29, 1.82) is 0 Å². The first-order valence-electron chi connectivity index (χ1n) is 6.73. The maximum Gasteiger partial charge on any atom is 0.240 e. The molecule has 1 amide bonds. The first-order chi connectivity index (χ1) is 10.1. The Morgan fingerprint density at radius 1 is 1.52 bits per heavy atom. The van der Waals surface area contributed by atoms with Crippen molar-refractivity contribution in [2.24, 2.45) is 0 Å². The van der Waals surface area contributed by atoms with E-state index in [0.29, 0.717) is 39.3 Å². The Kier molecular flexibility index (Phi) is 5.80. The Hall–Kier alpha value is -0.890. The quantitative estimate of drug-likeness (QED) is 0.573. The molecule has 0 saturated carbocycles. The number of benzene rings is 1. The van der Waals surface area contributed by atoms with Gasteiger partial charge in [0.05, 0.1) is 14.6 Å². The highest BCUT2D eigenvalue weighted by Gasteiger charge is 2.15. The average molecular weight is 424 g/mol. The van der Waals surface area contributed by atoms with Crippen LogP contribution in [0.15, 0.2) is 12.1 Å². The predicted octanol–water partition coefficient (Wildman–Crippen LogP) is 3.09. The fourth-order valence-corrected chi connectivity index (χ4v) is 2.71. The van der Waals surface area contributed by atoms with Crippen LogP contribution in [0.2, 0.25) is 0 Å². The van der Waals surface area contributed by atoms with E-state index in [-0.39, 0.29) is 18.3 Å². The Bertz CT molecular complexity index is 659. The number of halogens is 3. The predicted molar refractivity (Wildman–Crippen MR) is 90.1 cm³/mol. The molecule has 0 saturated heterocycles. The Morgan fingerprint density at radius 3 is 2.95 bits per heavy atom. The number of imidazole rings is 1. The monoisotopic (exact) mass is 423 g/mol. The summed E-state index contributed by atoms with van der Waals surface area (Å²) in [6.07, 6.45) is 1.41. The molecule has 0 aliphatic rings. The van der Waals surface area contributed by atoms with Gasteiger partial charge >= 0.3 is 0 Å². The molecule has 0 unspecified atom stereocenters. The lowest BCUT2D eigenvalue weighted by molar-refractivity contribution is -0.121. The number of fused-ring (bicyclic) bond motifs is 1. The minimum Gasteiger partial charge on any atom is -0.355 e. The fraction of sp³-hybridized carbons (Fsp3) is 0.429. The summed E-state index contributed by atoms with van der Waals surface area (Å²) in [6, 6.07) is 3.11. The van der Waals surface area contributed by atoms with Crippen LogP contribution >= 0.6 is 34.2 Å². The molecule has 4 nitrogen and oxygen atoms in total. The Morgan fingerprint density at radius 2 is 2.29 bits per heavy atom. The molecule has 21 heavy (non-hydrogen) atoms. The van der Waals surface area contributed by atoms with Gasteiger partial charge in [0.15, 0.2) is 0 Å². The van der Waals surface area contributed by atoms with Crippen LogP contribution in [0.4, 0.5) is 4.39 Å². The van der Waals surface area contributed by atoms with E-state index < -0.39 is 0 Å². The number of rotatable bonds is 6. The van der Waals surface area contributed by atoms with Crippen molar-refractivity contribution in [1.82, 2.24) is 14.9 Å². The van der Waals surface area contributed by atoms with Crippen LogP contribution in [0.5, 0.6) is 0 Å². The maximum absolute atomic E-state index is 13.8. The lowest BCUT2D eigenvalue weighted by Gasteiger charge is -2.09. The van der Waals surface area contributed by atoms with Crippen LogP contribution in [0, 0.1) is 9.39 Å². The molecule has 1 heterocycles. The molecular formula is C14H16ClFIN3O. The van der Waals surface area contributed by atoms with Gasteiger partial charge in [-0.2, -0.15) is 0 Å². The molecule has 114 valence electrons. The highest BCUT2D eigenvalue weighted by molar-refractivity contribution is 14.1. The molecule has 1 aromatic carbocycles. The van der Waals surface area contributed by atoms with Crippen molar-refractivity contribution in [3.63, 3.8) is 0 Å². The molecule has 0 aliphatic heterocycles. The van der Waals surface area contributed by atoms with Crippen molar-refractivity contribution in [3.8, 4) is 0 Å². The van der Waals surface area contributed by atoms with E-state index in [1.165, 1.54) is 6.07 Å². The standard InChI is InChI=1S/C14H16ClFIN3O/c1-2-5-18-14(21)8-20-12-6-9(16)10(17)7-11(12)19-13(20)3-4-15/h6-7H,2-5,8H2,1H3,(H,18,21). The van der Waals surface area contributed by atoms with Crippen LogP contribution in [0.1, 0.15) is 19.2 Å². The highest BCUT2D eigenvalue weighted by Crippen LogP contribution is 2.22. The van der Waals surface area contributed by atoms with Crippen molar-refractivity contribution in [2.45, 2.75) is 26.3 Å². The lowest BCUT2D eigenvalue weighted by atomic mass is 10.3. The number of nitrogens with one attached hydrogen (secondary N) is 1. The fourth-order valence-electron chi connectivity index (χ4n) is 2.09. The van der Waals surface area contributed by atoms with Gasteiger partial charge in [-0.3, -0.25) is 4.79 Å². The summed E-state index contributed by atoms with van der Waals surface area (Å²) in [4.78, 5) is 16.4. The summed E-state index contributed by atoms with van der Waals surface area (Å²) in [5, 5.41) is 2.81. The van der Waals surface area contributed by atoms with Crippen molar-refractivity contribution >= 4 is 51.1 Å². The molecule has 2 aromatic rings. The molecule has 1 aromatic heterocycles. The number of aromatic nitrogens is 2. The van der Waals surface area contributed by atoms with Gasteiger partial charge in [-0.1, -0.05) is 6.92 Å². The summed E-state index contributed by atoms with van der Waals surface area (Å²) in [5.74, 6) is 0.689. The number of aryl methyl sites for hydroxylation is 1. The van der Waals surface area contributed by atoms with E-state index in [2.05, 4.69) is 10.3 Å². The maximum atomic E-state index is 13.8. The van der Waals surface area contributed by atoms with E-state index in [1.54, 1.807) is 10.6 Å². The Labute approximate surface area is 141 Å². The van der Waals surface area contributed by atoms with Gasteiger partial charge in [0, 0.05) is 24.9 Å². The lowest BCUT2D eigenvalue weighted by Crippen LogP contribution is -2.28. The van der Waals surface area contributed by atoms with Gasteiger partial charge in [-0.05, 0) is 35.1 Å². The number of amides is 1. The van der Waals surface area contributed by atoms with E-state index in [4.69, 9.17) is 11.6 Å². The number of alkyl halides is 1. The van der Waals surface area contributed by atoms with Crippen LogP contribution in [0.25, 0.3) is 11.0 Å². The molecule has 0 fully saturated rings. The second-order valence-corrected chi connectivity index (χ2v) is 6.20. The third-order valence-electron chi connectivity index (χ3n) is 3.06. The zero-order valence-electron chi connectivity index (χ0n) is 11.6. The Balaban J connectivity index is 2.40. The van der Waals surface area contributed by atoms with Gasteiger partial charge in [0.2, 0.25) is 5.91 Å². The molecule has 7 heteroatoms. The third kappa shape index (κ3) is 3.85. The zero-order chi connectivity index (χ0) is 15.4. The van der Waals surface area contributed by atoms with Gasteiger partial charge < -0.3 is 9.88 Å². The van der Waals surface area contributed by atoms with Crippen LogP contribution in [-0.4, -0.2) is 27.9 Å². The summed E-state index contributed by atoms with van der Waals surface area (Å²) in [7, 11) is 0. The second kappa shape index (κ2) is 7.40. The molecule has 0 bridgehead atoms. The van der Waals surface area contributed by atoms with E-state index in [0.717, 1.165) is 6.42 Å². The minimum absolute atomic E-state index is 0.106. The largest absolute Gasteiger partial charge is 0.355 e. The molecule has 0 radical (unpaired) electrons. The second-order valence-electron chi connectivity index (χ2n) is 4.66. The van der Waals surface area contributed by atoms with E-state index >= 15 is 0 Å². The summed E-state index contributed by atoms with van der Waals surface area (Å²) < 4.78 is 16.0. The van der Waals surface area contributed by atoms with E-state index in [1.807, 2.05) is 29.5 Å². The number of hydrogen-bond acceptors (Lipinski definition) is 2. The summed E-state index contributed by atoms with van der Waals surface area (Å²) in [5.41, 5.74) is 1.31. The van der Waals surface area contributed by atoms with Crippen molar-refractivity contribution < 1.29 is 9.18 Å². The molecular weight excluding hydrogens is 408 g/mol. The molecule has 0 aliphatic carbocycles. The first kappa shape index (κ1) is 16.5. The zero-order valence-corrected chi connectivity index (χ0v) is 14.5. The minimum atomic E-state index is -0.310. The normalized spacial score (nSPS) is 11.0. The highest BCUT2D eigenvalue weighted by atomic mass is 127. The number of hydrogen-bond donors (Lipinski definition) is 1. The third-order valence-corrected chi connectivity index (χ3v) is 4.08. The first-order valence-corrected chi connectivity index (χ1v) is 8.35. The van der Waals surface area contributed by atoms with Gasteiger partial charge in [0.1, 0.15) is 18.2 Å². The molecule has 2 rings (SSSR count). The number of carbonyl (C=O) groups excluding carboxylic acids is 1. The summed E-state index contributed by atoms with van der Waals surface area (Å²) >= 11 is 7.72. The number of carbonyl (C=O) groups is 1. The van der Waals surface area contributed by atoms with Crippen LogP contribution < -0.4 is 5.32 Å². The van der Waals surface area contributed by atoms with Crippen molar-refractivity contribution in [2.75, 3.05) is 12.4 Å². The van der Waals surface area contributed by atoms with Gasteiger partial charge in [-0.15, -0.1) is 11.6 Å². The molecule has 0 spiro atoms. The van der Waals surface area contributed by atoms with Crippen LogP contribution in [-0.2, 0) is 17.8 Å². The molecule has 1 N–H and O–H groups in total.